The number of aliphatic hydroxyl groups is 1. The average molecular weight is 366 g/mol. The summed E-state index contributed by atoms with van der Waals surface area (Å²) in [6.07, 6.45) is 0.410. The summed E-state index contributed by atoms with van der Waals surface area (Å²) in [4.78, 5) is 10.7. The van der Waals surface area contributed by atoms with Crippen LogP contribution in [0.4, 0.5) is 0 Å². The lowest BCUT2D eigenvalue weighted by Crippen LogP contribution is -2.48. The quantitative estimate of drug-likeness (QED) is 0.709. The van der Waals surface area contributed by atoms with Gasteiger partial charge in [-0.1, -0.05) is 6.92 Å². The Hall–Kier alpha value is -0.960. The Balaban J connectivity index is 3.20. The molecule has 20 heavy (non-hydrogen) atoms. The molecule has 0 aliphatic carbocycles. The number of sulfonamides is 1. The maximum absolute atomic E-state index is 12.3. The Kier molecular flexibility index (Phi) is 5.31. The van der Waals surface area contributed by atoms with Gasteiger partial charge in [-0.15, -0.1) is 0 Å². The number of nitrogens with one attached hydrogen (secondary N) is 1. The van der Waals surface area contributed by atoms with Crippen molar-refractivity contribution in [1.29, 1.82) is 0 Å². The molecule has 0 aliphatic rings. The van der Waals surface area contributed by atoms with Gasteiger partial charge >= 0.3 is 5.97 Å². The molecule has 0 aliphatic heterocycles. The van der Waals surface area contributed by atoms with Gasteiger partial charge in [0.2, 0.25) is 10.0 Å². The number of carbonyl (C=O) groups is 1. The van der Waals surface area contributed by atoms with Crippen LogP contribution < -0.4 is 4.72 Å². The molecule has 0 radical (unpaired) electrons. The van der Waals surface area contributed by atoms with E-state index in [9.17, 15) is 18.3 Å². The fourth-order valence-electron chi connectivity index (χ4n) is 1.45. The largest absolute Gasteiger partial charge is 0.478 e. The minimum absolute atomic E-state index is 0.0174. The minimum Gasteiger partial charge on any atom is -0.478 e. The second-order valence-electron chi connectivity index (χ2n) is 4.63. The minimum atomic E-state index is -3.87. The molecule has 8 heteroatoms. The zero-order valence-corrected chi connectivity index (χ0v) is 13.5. The Morgan fingerprint density at radius 2 is 2.05 bits per heavy atom. The van der Waals surface area contributed by atoms with Crippen molar-refractivity contribution < 1.29 is 23.4 Å². The predicted octanol–water partition coefficient (Wildman–Crippen LogP) is 1.59. The van der Waals surface area contributed by atoms with Crippen molar-refractivity contribution in [3.05, 3.63) is 28.2 Å². The normalized spacial score (nSPS) is 14.8. The van der Waals surface area contributed by atoms with Crippen molar-refractivity contribution >= 4 is 31.9 Å². The molecule has 1 unspecified atom stereocenters. The smallest absolute Gasteiger partial charge is 0.335 e. The first-order valence-electron chi connectivity index (χ1n) is 5.83. The number of aliphatic hydroxyl groups excluding tert-OH is 1. The number of halogens is 1. The van der Waals surface area contributed by atoms with E-state index in [2.05, 4.69) is 20.7 Å². The highest BCUT2D eigenvalue weighted by Crippen LogP contribution is 2.25. The van der Waals surface area contributed by atoms with Gasteiger partial charge in [0, 0.05) is 4.47 Å². The summed E-state index contributed by atoms with van der Waals surface area (Å²) in [6, 6.07) is 3.65. The van der Waals surface area contributed by atoms with Gasteiger partial charge in [-0.05, 0) is 47.5 Å². The first-order chi connectivity index (χ1) is 9.15. The van der Waals surface area contributed by atoms with Crippen molar-refractivity contribution in [3.8, 4) is 0 Å². The van der Waals surface area contributed by atoms with E-state index >= 15 is 0 Å². The van der Waals surface area contributed by atoms with Crippen LogP contribution in [-0.4, -0.2) is 36.7 Å². The van der Waals surface area contributed by atoms with Crippen LogP contribution in [0.15, 0.2) is 27.6 Å². The molecule has 0 spiro atoms. The summed E-state index contributed by atoms with van der Waals surface area (Å²) in [5.41, 5.74) is -0.986. The number of rotatable bonds is 6. The van der Waals surface area contributed by atoms with E-state index in [1.165, 1.54) is 18.2 Å². The highest BCUT2D eigenvalue weighted by molar-refractivity contribution is 9.10. The Morgan fingerprint density at radius 1 is 1.45 bits per heavy atom. The van der Waals surface area contributed by atoms with Crippen LogP contribution in [0, 0.1) is 0 Å². The lowest BCUT2D eigenvalue weighted by molar-refractivity contribution is 0.0696. The van der Waals surface area contributed by atoms with Gasteiger partial charge in [0.05, 0.1) is 22.6 Å². The predicted molar refractivity (Wildman–Crippen MR) is 77.2 cm³/mol. The van der Waals surface area contributed by atoms with Crippen molar-refractivity contribution in [2.24, 2.45) is 0 Å². The molecule has 0 saturated heterocycles. The molecule has 0 saturated carbocycles. The molecule has 1 aromatic carbocycles. The summed E-state index contributed by atoms with van der Waals surface area (Å²) in [5.74, 6) is -1.14. The third-order valence-electron chi connectivity index (χ3n) is 2.98. The van der Waals surface area contributed by atoms with E-state index in [1.54, 1.807) is 13.8 Å². The molecule has 1 aromatic rings. The second-order valence-corrected chi connectivity index (χ2v) is 7.13. The van der Waals surface area contributed by atoms with E-state index in [1.807, 2.05) is 0 Å². The zero-order valence-electron chi connectivity index (χ0n) is 11.1. The maximum atomic E-state index is 12.3. The topological polar surface area (TPSA) is 104 Å². The molecule has 1 rings (SSSR count). The van der Waals surface area contributed by atoms with Gasteiger partial charge in [0.1, 0.15) is 0 Å². The van der Waals surface area contributed by atoms with Crippen molar-refractivity contribution in [2.75, 3.05) is 6.61 Å². The molecule has 1 atom stereocenters. The van der Waals surface area contributed by atoms with Gasteiger partial charge in [-0.25, -0.2) is 17.9 Å². The number of hydrogen-bond acceptors (Lipinski definition) is 4. The number of benzene rings is 1. The molecule has 0 fully saturated rings. The fraction of sp³-hybridized carbons (Fsp3) is 0.417. The monoisotopic (exact) mass is 365 g/mol. The van der Waals surface area contributed by atoms with Crippen LogP contribution in [-0.2, 0) is 10.0 Å². The zero-order chi connectivity index (χ0) is 15.6. The highest BCUT2D eigenvalue weighted by Gasteiger charge is 2.29. The van der Waals surface area contributed by atoms with E-state index in [0.717, 1.165) is 0 Å². The number of carboxylic acids is 1. The molecular weight excluding hydrogens is 350 g/mol. The molecular formula is C12H16BrNO5S. The van der Waals surface area contributed by atoms with Gasteiger partial charge in [-0.3, -0.25) is 0 Å². The SMILES string of the molecule is CCC(C)(CO)NS(=O)(=O)c1ccc(C(=O)O)cc1Br. The first kappa shape index (κ1) is 17.1. The fourth-order valence-corrected chi connectivity index (χ4v) is 4.00. The van der Waals surface area contributed by atoms with E-state index < -0.39 is 21.5 Å². The summed E-state index contributed by atoms with van der Waals surface area (Å²) >= 11 is 3.06. The Bertz CT molecular complexity index is 610. The van der Waals surface area contributed by atoms with Crippen LogP contribution in [0.25, 0.3) is 0 Å². The number of aromatic carboxylic acids is 1. The molecule has 6 nitrogen and oxygen atoms in total. The third-order valence-corrected chi connectivity index (χ3v) is 5.59. The van der Waals surface area contributed by atoms with Crippen molar-refractivity contribution in [2.45, 2.75) is 30.7 Å². The summed E-state index contributed by atoms with van der Waals surface area (Å²) in [7, 11) is -3.87. The molecule has 0 heterocycles. The van der Waals surface area contributed by atoms with E-state index in [-0.39, 0.29) is 21.5 Å². The molecule has 0 bridgehead atoms. The van der Waals surface area contributed by atoms with Gasteiger partial charge in [0.25, 0.3) is 0 Å². The average Bonchev–Trinajstić information content (AvgIpc) is 2.37. The van der Waals surface area contributed by atoms with Crippen LogP contribution in [0.3, 0.4) is 0 Å². The van der Waals surface area contributed by atoms with E-state index in [4.69, 9.17) is 5.11 Å². The highest BCUT2D eigenvalue weighted by atomic mass is 79.9. The lowest BCUT2D eigenvalue weighted by atomic mass is 10.0. The van der Waals surface area contributed by atoms with Gasteiger partial charge in [-0.2, -0.15) is 0 Å². The molecule has 0 amide bonds. The molecule has 3 N–H and O–H groups in total. The van der Waals surface area contributed by atoms with Crippen LogP contribution in [0.5, 0.6) is 0 Å². The lowest BCUT2D eigenvalue weighted by Gasteiger charge is -2.27. The third kappa shape index (κ3) is 3.78. The second kappa shape index (κ2) is 6.21. The Morgan fingerprint density at radius 3 is 2.45 bits per heavy atom. The molecule has 112 valence electrons. The van der Waals surface area contributed by atoms with Gasteiger partial charge in [0.15, 0.2) is 0 Å². The summed E-state index contributed by atoms with van der Waals surface area (Å²) in [5, 5.41) is 18.1. The summed E-state index contributed by atoms with van der Waals surface area (Å²) < 4.78 is 27.1. The number of carboxylic acid groups (broad SMARTS) is 1. The number of hydrogen-bond donors (Lipinski definition) is 3. The van der Waals surface area contributed by atoms with Crippen LogP contribution in [0.1, 0.15) is 30.6 Å². The maximum Gasteiger partial charge on any atom is 0.335 e. The Labute approximate surface area is 126 Å². The first-order valence-corrected chi connectivity index (χ1v) is 8.10. The van der Waals surface area contributed by atoms with E-state index in [0.29, 0.717) is 6.42 Å². The van der Waals surface area contributed by atoms with Crippen LogP contribution in [0.2, 0.25) is 0 Å². The van der Waals surface area contributed by atoms with Crippen LogP contribution >= 0.6 is 15.9 Å². The van der Waals surface area contributed by atoms with Crippen molar-refractivity contribution in [3.63, 3.8) is 0 Å². The summed E-state index contributed by atoms with van der Waals surface area (Å²) in [6.45, 7) is 3.00. The standard InChI is InChI=1S/C12H16BrNO5S/c1-3-12(2,7-15)14-20(18,19)10-5-4-8(11(16)17)6-9(10)13/h4-6,14-15H,3,7H2,1-2H3,(H,16,17). The molecule has 0 aromatic heterocycles. The van der Waals surface area contributed by atoms with Crippen molar-refractivity contribution in [1.82, 2.24) is 4.72 Å². The van der Waals surface area contributed by atoms with Gasteiger partial charge < -0.3 is 10.2 Å².